The average Bonchev–Trinajstić information content (AvgIpc) is 3.29. The van der Waals surface area contributed by atoms with Crippen LogP contribution >= 0.6 is 0 Å². The lowest BCUT2D eigenvalue weighted by Gasteiger charge is -2.27. The summed E-state index contributed by atoms with van der Waals surface area (Å²) in [5.74, 6) is 0.913. The second-order valence-corrected chi connectivity index (χ2v) is 6.19. The summed E-state index contributed by atoms with van der Waals surface area (Å²) in [5, 5.41) is 3.57. The minimum absolute atomic E-state index is 0.0536. The number of ether oxygens (including phenoxy) is 1. The zero-order chi connectivity index (χ0) is 13.8. The molecule has 3 heteroatoms. The van der Waals surface area contributed by atoms with Gasteiger partial charge in [0.05, 0.1) is 0 Å². The third kappa shape index (κ3) is 3.80. The third-order valence-corrected chi connectivity index (χ3v) is 4.53. The van der Waals surface area contributed by atoms with E-state index in [4.69, 9.17) is 4.74 Å². The van der Waals surface area contributed by atoms with Gasteiger partial charge in [-0.15, -0.1) is 0 Å². The van der Waals surface area contributed by atoms with Crippen LogP contribution in [0.1, 0.15) is 43.6 Å². The Morgan fingerprint density at radius 1 is 1.15 bits per heavy atom. The molecule has 1 atom stereocenters. The van der Waals surface area contributed by atoms with E-state index in [-0.39, 0.29) is 5.82 Å². The van der Waals surface area contributed by atoms with Gasteiger partial charge in [0, 0.05) is 25.8 Å². The monoisotopic (exact) mass is 277 g/mol. The first kappa shape index (κ1) is 14.0. The zero-order valence-corrected chi connectivity index (χ0v) is 12.0. The van der Waals surface area contributed by atoms with Crippen molar-refractivity contribution in [2.24, 2.45) is 5.92 Å². The Balaban J connectivity index is 1.66. The van der Waals surface area contributed by atoms with Gasteiger partial charge in [-0.1, -0.05) is 18.2 Å². The molecule has 0 aromatic heterocycles. The Labute approximate surface area is 120 Å². The third-order valence-electron chi connectivity index (χ3n) is 4.53. The molecule has 1 saturated carbocycles. The highest BCUT2D eigenvalue weighted by Crippen LogP contribution is 2.31. The molecule has 2 aliphatic rings. The molecule has 2 nitrogen and oxygen atoms in total. The Morgan fingerprint density at radius 3 is 2.60 bits per heavy atom. The second-order valence-electron chi connectivity index (χ2n) is 6.19. The summed E-state index contributed by atoms with van der Waals surface area (Å²) in [6, 6.07) is 7.95. The first-order chi connectivity index (χ1) is 9.83. The minimum Gasteiger partial charge on any atom is -0.381 e. The summed E-state index contributed by atoms with van der Waals surface area (Å²) in [4.78, 5) is 0. The number of benzene rings is 1. The fraction of sp³-hybridized carbons (Fsp3) is 0.647. The van der Waals surface area contributed by atoms with Crippen LogP contribution in [0.5, 0.6) is 0 Å². The molecular formula is C17H24FNO. The molecule has 1 aliphatic heterocycles. The van der Waals surface area contributed by atoms with Crippen molar-refractivity contribution in [1.82, 2.24) is 5.32 Å². The molecule has 1 aliphatic carbocycles. The van der Waals surface area contributed by atoms with Gasteiger partial charge in [-0.05, 0) is 55.6 Å². The highest BCUT2D eigenvalue weighted by Gasteiger charge is 2.26. The van der Waals surface area contributed by atoms with E-state index in [1.54, 1.807) is 12.1 Å². The molecule has 1 aromatic carbocycles. The molecule has 1 aromatic rings. The maximum Gasteiger partial charge on any atom is 0.126 e. The molecule has 1 unspecified atom stereocenters. The highest BCUT2D eigenvalue weighted by molar-refractivity contribution is 5.22. The van der Waals surface area contributed by atoms with Gasteiger partial charge in [-0.2, -0.15) is 0 Å². The molecule has 0 bridgehead atoms. The van der Waals surface area contributed by atoms with Gasteiger partial charge in [0.2, 0.25) is 0 Å². The van der Waals surface area contributed by atoms with Crippen molar-refractivity contribution in [1.29, 1.82) is 0 Å². The number of nitrogens with one attached hydrogen (secondary N) is 1. The average molecular weight is 277 g/mol. The van der Waals surface area contributed by atoms with Gasteiger partial charge in [0.1, 0.15) is 5.82 Å². The van der Waals surface area contributed by atoms with E-state index in [2.05, 4.69) is 5.32 Å². The molecule has 20 heavy (non-hydrogen) atoms. The van der Waals surface area contributed by atoms with Crippen molar-refractivity contribution in [3.05, 3.63) is 35.6 Å². The number of halogens is 1. The van der Waals surface area contributed by atoms with Gasteiger partial charge < -0.3 is 10.1 Å². The Kier molecular flexibility index (Phi) is 4.69. The summed E-state index contributed by atoms with van der Waals surface area (Å²) in [6.45, 7) is 2.64. The Hall–Kier alpha value is -0.930. The largest absolute Gasteiger partial charge is 0.381 e. The van der Waals surface area contributed by atoms with E-state index in [9.17, 15) is 4.39 Å². The number of hydrogen-bond donors (Lipinski definition) is 1. The normalized spacial score (nSPS) is 21.9. The van der Waals surface area contributed by atoms with Crippen LogP contribution in [0.15, 0.2) is 24.3 Å². The van der Waals surface area contributed by atoms with Crippen molar-refractivity contribution < 1.29 is 9.13 Å². The van der Waals surface area contributed by atoms with E-state index in [0.717, 1.165) is 44.6 Å². The first-order valence-electron chi connectivity index (χ1n) is 7.88. The summed E-state index contributed by atoms with van der Waals surface area (Å²) >= 11 is 0. The summed E-state index contributed by atoms with van der Waals surface area (Å²) < 4.78 is 19.5. The van der Waals surface area contributed by atoms with Crippen LogP contribution in [0, 0.1) is 11.7 Å². The molecule has 0 amide bonds. The van der Waals surface area contributed by atoms with Crippen molar-refractivity contribution >= 4 is 0 Å². The lowest BCUT2D eigenvalue weighted by molar-refractivity contribution is 0.0615. The van der Waals surface area contributed by atoms with Gasteiger partial charge >= 0.3 is 0 Å². The van der Waals surface area contributed by atoms with Crippen molar-refractivity contribution in [2.75, 3.05) is 19.8 Å². The van der Waals surface area contributed by atoms with Crippen LogP contribution in [0.4, 0.5) is 4.39 Å². The van der Waals surface area contributed by atoms with Crippen LogP contribution in [0.3, 0.4) is 0 Å². The lowest BCUT2D eigenvalue weighted by atomic mass is 9.84. The second kappa shape index (κ2) is 6.68. The standard InChI is InChI=1S/C17H24FNO/c18-17-4-2-1-3-16(17)14(12-19-15-5-6-15)11-13-7-9-20-10-8-13/h1-4,13-15,19H,5-12H2. The van der Waals surface area contributed by atoms with E-state index < -0.39 is 0 Å². The van der Waals surface area contributed by atoms with Crippen molar-refractivity contribution in [3.63, 3.8) is 0 Å². The predicted molar refractivity (Wildman–Crippen MR) is 78.3 cm³/mol. The first-order valence-corrected chi connectivity index (χ1v) is 7.88. The summed E-state index contributed by atoms with van der Waals surface area (Å²) in [5.41, 5.74) is 0.882. The fourth-order valence-electron chi connectivity index (χ4n) is 3.11. The molecule has 2 fully saturated rings. The molecule has 1 saturated heterocycles. The minimum atomic E-state index is -0.0536. The maximum atomic E-state index is 14.1. The molecule has 1 N–H and O–H groups in total. The lowest BCUT2D eigenvalue weighted by Crippen LogP contribution is -2.27. The zero-order valence-electron chi connectivity index (χ0n) is 12.0. The van der Waals surface area contributed by atoms with Gasteiger partial charge in [-0.3, -0.25) is 0 Å². The SMILES string of the molecule is Fc1ccccc1C(CNC1CC1)CC1CCOCC1. The molecule has 110 valence electrons. The van der Waals surface area contributed by atoms with E-state index in [1.807, 2.05) is 12.1 Å². The van der Waals surface area contributed by atoms with E-state index in [0.29, 0.717) is 17.9 Å². The maximum absolute atomic E-state index is 14.1. The van der Waals surface area contributed by atoms with Gasteiger partial charge in [0.25, 0.3) is 0 Å². The summed E-state index contributed by atoms with van der Waals surface area (Å²) in [6.07, 6.45) is 5.87. The van der Waals surface area contributed by atoms with Gasteiger partial charge in [-0.25, -0.2) is 4.39 Å². The predicted octanol–water partition coefficient (Wildman–Crippen LogP) is 3.48. The molecule has 1 heterocycles. The van der Waals surface area contributed by atoms with Crippen LogP contribution in [-0.4, -0.2) is 25.8 Å². The van der Waals surface area contributed by atoms with E-state index in [1.165, 1.54) is 12.8 Å². The van der Waals surface area contributed by atoms with Crippen molar-refractivity contribution in [2.45, 2.75) is 44.1 Å². The topological polar surface area (TPSA) is 21.3 Å². The van der Waals surface area contributed by atoms with Gasteiger partial charge in [0.15, 0.2) is 0 Å². The van der Waals surface area contributed by atoms with Crippen molar-refractivity contribution in [3.8, 4) is 0 Å². The molecular weight excluding hydrogens is 253 g/mol. The van der Waals surface area contributed by atoms with Crippen LogP contribution in [0.25, 0.3) is 0 Å². The quantitative estimate of drug-likeness (QED) is 0.859. The Morgan fingerprint density at radius 2 is 1.90 bits per heavy atom. The molecule has 0 radical (unpaired) electrons. The fourth-order valence-corrected chi connectivity index (χ4v) is 3.11. The highest BCUT2D eigenvalue weighted by atomic mass is 19.1. The number of hydrogen-bond acceptors (Lipinski definition) is 2. The number of rotatable bonds is 6. The van der Waals surface area contributed by atoms with Crippen LogP contribution in [0.2, 0.25) is 0 Å². The Bertz CT molecular complexity index is 427. The molecule has 0 spiro atoms. The van der Waals surface area contributed by atoms with E-state index >= 15 is 0 Å². The van der Waals surface area contributed by atoms with Crippen LogP contribution in [-0.2, 0) is 4.74 Å². The summed E-state index contributed by atoms with van der Waals surface area (Å²) in [7, 11) is 0. The van der Waals surface area contributed by atoms with Crippen LogP contribution < -0.4 is 5.32 Å². The molecule has 3 rings (SSSR count). The smallest absolute Gasteiger partial charge is 0.126 e.